The van der Waals surface area contributed by atoms with E-state index in [1.54, 1.807) is 42.5 Å². The van der Waals surface area contributed by atoms with E-state index in [1.807, 2.05) is 11.8 Å². The minimum Gasteiger partial charge on any atom is -0.507 e. The Kier molecular flexibility index (Phi) is 6.14. The smallest absolute Gasteiger partial charge is 0.325 e. The number of halogens is 2. The quantitative estimate of drug-likeness (QED) is 0.281. The SMILES string of the molecule is CCN1CC1(Cc1ccc(-c2cc(Nc3ccc(Cl)cc3CF)ccc2O)nc1N)C(=O)O. The molecule has 9 heteroatoms. The number of phenols is 1. The van der Waals surface area contributed by atoms with E-state index in [2.05, 4.69) is 10.3 Å². The van der Waals surface area contributed by atoms with Gasteiger partial charge in [0.05, 0.1) is 5.69 Å². The number of hydrogen-bond donors (Lipinski definition) is 4. The summed E-state index contributed by atoms with van der Waals surface area (Å²) in [6, 6.07) is 13.2. The van der Waals surface area contributed by atoms with Crippen LogP contribution in [-0.4, -0.2) is 44.7 Å². The van der Waals surface area contributed by atoms with E-state index in [9.17, 15) is 19.4 Å². The Morgan fingerprint density at radius 1 is 1.24 bits per heavy atom. The maximum absolute atomic E-state index is 13.4. The normalized spacial score (nSPS) is 19.3. The molecule has 1 saturated heterocycles. The summed E-state index contributed by atoms with van der Waals surface area (Å²) in [5, 5.41) is 23.7. The van der Waals surface area contributed by atoms with Gasteiger partial charge in [-0.3, -0.25) is 9.69 Å². The summed E-state index contributed by atoms with van der Waals surface area (Å²) in [5.41, 5.74) is 8.33. The first-order valence-electron chi connectivity index (χ1n) is 10.5. The zero-order valence-electron chi connectivity index (χ0n) is 18.0. The largest absolute Gasteiger partial charge is 0.507 e. The number of aromatic hydroxyl groups is 1. The third kappa shape index (κ3) is 4.44. The van der Waals surface area contributed by atoms with Crippen LogP contribution in [0.15, 0.2) is 48.5 Å². The van der Waals surface area contributed by atoms with Crippen LogP contribution in [0.2, 0.25) is 5.02 Å². The molecule has 172 valence electrons. The maximum atomic E-state index is 13.4. The van der Waals surface area contributed by atoms with Crippen molar-refractivity contribution in [3.63, 3.8) is 0 Å². The van der Waals surface area contributed by atoms with Crippen molar-refractivity contribution in [1.29, 1.82) is 0 Å². The van der Waals surface area contributed by atoms with Gasteiger partial charge in [0, 0.05) is 40.5 Å². The van der Waals surface area contributed by atoms with Crippen molar-refractivity contribution in [2.45, 2.75) is 25.6 Å². The number of aromatic nitrogens is 1. The number of nitrogens with two attached hydrogens (primary N) is 1. The van der Waals surface area contributed by atoms with Gasteiger partial charge in [-0.2, -0.15) is 0 Å². The molecule has 2 heterocycles. The highest BCUT2D eigenvalue weighted by Crippen LogP contribution is 2.38. The first-order valence-corrected chi connectivity index (χ1v) is 10.8. The number of carboxylic acid groups (broad SMARTS) is 1. The van der Waals surface area contributed by atoms with Gasteiger partial charge < -0.3 is 21.3 Å². The fourth-order valence-corrected chi connectivity index (χ4v) is 4.22. The Bertz CT molecular complexity index is 1220. The topological polar surface area (TPSA) is 111 Å². The lowest BCUT2D eigenvalue weighted by Crippen LogP contribution is -2.32. The second-order valence-electron chi connectivity index (χ2n) is 8.06. The number of aliphatic carboxylic acids is 1. The number of likely N-dealkylation sites (N-methyl/N-ethyl adjacent to an activating group) is 1. The monoisotopic (exact) mass is 470 g/mol. The Hall–Kier alpha value is -3.36. The first kappa shape index (κ1) is 22.8. The highest BCUT2D eigenvalue weighted by Gasteiger charge is 2.57. The molecule has 3 aromatic rings. The van der Waals surface area contributed by atoms with Gasteiger partial charge in [0.2, 0.25) is 0 Å². The summed E-state index contributed by atoms with van der Waals surface area (Å²) in [7, 11) is 0. The number of nitrogen functional groups attached to an aromatic ring is 1. The summed E-state index contributed by atoms with van der Waals surface area (Å²) < 4.78 is 13.4. The molecule has 0 amide bonds. The van der Waals surface area contributed by atoms with E-state index in [0.29, 0.717) is 51.9 Å². The number of nitrogens with one attached hydrogen (secondary N) is 1. The van der Waals surface area contributed by atoms with Crippen molar-refractivity contribution in [2.75, 3.05) is 24.1 Å². The lowest BCUT2D eigenvalue weighted by molar-refractivity contribution is -0.141. The van der Waals surface area contributed by atoms with Gasteiger partial charge in [-0.15, -0.1) is 0 Å². The Morgan fingerprint density at radius 2 is 2.03 bits per heavy atom. The zero-order valence-corrected chi connectivity index (χ0v) is 18.7. The van der Waals surface area contributed by atoms with Crippen LogP contribution >= 0.6 is 11.6 Å². The lowest BCUT2D eigenvalue weighted by Gasteiger charge is -2.15. The van der Waals surface area contributed by atoms with E-state index >= 15 is 0 Å². The molecule has 0 radical (unpaired) electrons. The van der Waals surface area contributed by atoms with Gasteiger partial charge in [0.25, 0.3) is 0 Å². The second kappa shape index (κ2) is 8.88. The van der Waals surface area contributed by atoms with Crippen LogP contribution in [0.5, 0.6) is 5.75 Å². The van der Waals surface area contributed by atoms with Gasteiger partial charge in [-0.05, 0) is 54.6 Å². The first-order chi connectivity index (χ1) is 15.8. The predicted octanol–water partition coefficient (Wildman–Crippen LogP) is 4.60. The fourth-order valence-electron chi connectivity index (χ4n) is 4.03. The van der Waals surface area contributed by atoms with Crippen molar-refractivity contribution in [3.05, 3.63) is 64.7 Å². The van der Waals surface area contributed by atoms with E-state index in [0.717, 1.165) is 0 Å². The molecule has 1 aliphatic rings. The molecule has 2 atom stereocenters. The third-order valence-electron chi connectivity index (χ3n) is 5.99. The van der Waals surface area contributed by atoms with Crippen molar-refractivity contribution in [3.8, 4) is 17.0 Å². The maximum Gasteiger partial charge on any atom is 0.325 e. The molecule has 5 N–H and O–H groups in total. The van der Waals surface area contributed by atoms with Crippen molar-refractivity contribution in [2.24, 2.45) is 0 Å². The number of benzene rings is 2. The van der Waals surface area contributed by atoms with Crippen LogP contribution in [0.1, 0.15) is 18.1 Å². The average molecular weight is 471 g/mol. The van der Waals surface area contributed by atoms with Crippen LogP contribution in [0.4, 0.5) is 21.6 Å². The molecule has 0 bridgehead atoms. The number of anilines is 3. The van der Waals surface area contributed by atoms with E-state index in [1.165, 1.54) is 6.07 Å². The number of phenolic OH excluding ortho intramolecular Hbond substituents is 1. The fraction of sp³-hybridized carbons (Fsp3) is 0.250. The molecule has 1 aliphatic heterocycles. The summed E-state index contributed by atoms with van der Waals surface area (Å²) >= 11 is 5.95. The van der Waals surface area contributed by atoms with Gasteiger partial charge in [-0.25, -0.2) is 9.37 Å². The van der Waals surface area contributed by atoms with Crippen LogP contribution in [0, 0.1) is 0 Å². The molecule has 33 heavy (non-hydrogen) atoms. The Labute approximate surface area is 195 Å². The van der Waals surface area contributed by atoms with Gasteiger partial charge in [0.1, 0.15) is 23.8 Å². The van der Waals surface area contributed by atoms with E-state index in [-0.39, 0.29) is 18.0 Å². The van der Waals surface area contributed by atoms with Gasteiger partial charge in [-0.1, -0.05) is 24.6 Å². The van der Waals surface area contributed by atoms with E-state index < -0.39 is 18.2 Å². The molecule has 2 aromatic carbocycles. The Balaban J connectivity index is 1.61. The number of carboxylic acids is 1. The van der Waals surface area contributed by atoms with E-state index in [4.69, 9.17) is 17.3 Å². The molecule has 4 rings (SSSR count). The highest BCUT2D eigenvalue weighted by molar-refractivity contribution is 6.30. The zero-order chi connectivity index (χ0) is 23.8. The second-order valence-corrected chi connectivity index (χ2v) is 8.50. The van der Waals surface area contributed by atoms with Crippen LogP contribution < -0.4 is 11.1 Å². The van der Waals surface area contributed by atoms with Crippen LogP contribution in [0.25, 0.3) is 11.3 Å². The minimum absolute atomic E-state index is 0.00313. The minimum atomic E-state index is -0.940. The average Bonchev–Trinajstić information content (AvgIpc) is 3.52. The molecular formula is C24H24ClFN4O3. The lowest BCUT2D eigenvalue weighted by atomic mass is 9.98. The molecule has 2 unspecified atom stereocenters. The number of alkyl halides is 1. The molecule has 1 fully saturated rings. The van der Waals surface area contributed by atoms with Crippen LogP contribution in [-0.2, 0) is 17.9 Å². The van der Waals surface area contributed by atoms with Crippen molar-refractivity contribution < 1.29 is 19.4 Å². The molecule has 7 nitrogen and oxygen atoms in total. The number of pyridine rings is 1. The van der Waals surface area contributed by atoms with Crippen molar-refractivity contribution >= 4 is 34.8 Å². The van der Waals surface area contributed by atoms with Gasteiger partial charge >= 0.3 is 5.97 Å². The molecule has 0 spiro atoms. The summed E-state index contributed by atoms with van der Waals surface area (Å²) in [6.45, 7) is 2.35. The summed E-state index contributed by atoms with van der Waals surface area (Å²) in [6.07, 6.45) is 0.255. The molecule has 1 aromatic heterocycles. The molecule has 0 aliphatic carbocycles. The third-order valence-corrected chi connectivity index (χ3v) is 6.23. The number of carbonyl (C=O) groups is 1. The summed E-state index contributed by atoms with van der Waals surface area (Å²) in [4.78, 5) is 18.1. The molecule has 0 saturated carbocycles. The van der Waals surface area contributed by atoms with Crippen molar-refractivity contribution in [1.82, 2.24) is 9.88 Å². The number of hydrogen-bond acceptors (Lipinski definition) is 6. The van der Waals surface area contributed by atoms with Gasteiger partial charge in [0.15, 0.2) is 0 Å². The number of nitrogens with zero attached hydrogens (tertiary/aromatic N) is 2. The predicted molar refractivity (Wildman–Crippen MR) is 127 cm³/mol. The number of rotatable bonds is 8. The molecular weight excluding hydrogens is 447 g/mol. The standard InChI is InChI=1S/C24H24ClFN4O3/c1-2-30-13-24(30,23(32)33)11-14-3-6-20(29-22(14)27)18-10-17(5-8-21(18)31)28-19-7-4-16(25)9-15(19)12-26/h3-10,28,31H,2,11-13H2,1H3,(H2,27,29)(H,32,33). The Morgan fingerprint density at radius 3 is 2.67 bits per heavy atom. The summed E-state index contributed by atoms with van der Waals surface area (Å²) in [5.74, 6) is -0.659. The highest BCUT2D eigenvalue weighted by atomic mass is 35.5. The van der Waals surface area contributed by atoms with Crippen LogP contribution in [0.3, 0.4) is 0 Å².